The Morgan fingerprint density at radius 2 is 1.89 bits per heavy atom. The maximum Gasteiger partial charge on any atom is 0.308 e. The maximum atomic E-state index is 16.0. The number of halogens is 2. The highest BCUT2D eigenvalue weighted by molar-refractivity contribution is 6.31. The molecule has 4 aliphatic rings. The number of carboxylic acids is 1. The first-order valence-corrected chi connectivity index (χ1v) is 12.8. The fourth-order valence-corrected chi connectivity index (χ4v) is 6.24. The molecule has 190 valence electrons. The highest BCUT2D eigenvalue weighted by atomic mass is 35.5. The number of aliphatic carboxylic acids is 1. The van der Waals surface area contributed by atoms with Crippen molar-refractivity contribution in [3.63, 3.8) is 0 Å². The Morgan fingerprint density at radius 3 is 2.61 bits per heavy atom. The zero-order chi connectivity index (χ0) is 25.0. The minimum atomic E-state index is -0.837. The summed E-state index contributed by atoms with van der Waals surface area (Å²) in [6, 6.07) is 1.33. The first-order valence-electron chi connectivity index (χ1n) is 12.4. The van der Waals surface area contributed by atoms with E-state index in [1.807, 2.05) is 11.9 Å². The third-order valence-corrected chi connectivity index (χ3v) is 8.25. The number of piperazine rings is 1. The maximum absolute atomic E-state index is 16.0. The quantitative estimate of drug-likeness (QED) is 0.470. The van der Waals surface area contributed by atoms with Crippen LogP contribution in [0.3, 0.4) is 0 Å². The van der Waals surface area contributed by atoms with Crippen LogP contribution in [-0.2, 0) is 4.79 Å². The summed E-state index contributed by atoms with van der Waals surface area (Å²) in [4.78, 5) is 29.7. The predicted molar refractivity (Wildman–Crippen MR) is 134 cm³/mol. The third kappa shape index (κ3) is 4.03. The second kappa shape index (κ2) is 9.11. The van der Waals surface area contributed by atoms with Gasteiger partial charge in [0, 0.05) is 38.4 Å². The largest absolute Gasteiger partial charge is 0.481 e. The Morgan fingerprint density at radius 1 is 1.17 bits per heavy atom. The number of anilines is 2. The zero-order valence-corrected chi connectivity index (χ0v) is 20.7. The van der Waals surface area contributed by atoms with Crippen molar-refractivity contribution in [2.45, 2.75) is 31.7 Å². The van der Waals surface area contributed by atoms with Crippen LogP contribution in [0.25, 0.3) is 22.6 Å². The fourth-order valence-electron chi connectivity index (χ4n) is 6.09. The summed E-state index contributed by atoms with van der Waals surface area (Å²) in [6.45, 7) is 2.79. The van der Waals surface area contributed by atoms with Crippen molar-refractivity contribution in [3.05, 3.63) is 23.1 Å². The molecule has 1 saturated heterocycles. The molecule has 0 spiro atoms. The standard InChI is InChI=1S/C24H28ClFN8O2/c1-33-6-8-34(9-7-33)23-17(26)21(28-18-13-4-2-12(3-5-13)16(18)24(35)36)29-22(30-23)19-15-10-14(25)11-27-20(15)32-31-19/h10-13,16,18H,2-9H2,1H3,(H,35,36)(H,27,31,32)(H,28,29,30)/t12?,13?,16-,18-/m0/s1. The molecule has 3 aliphatic carbocycles. The number of carboxylic acid groups (broad SMARTS) is 1. The number of fused-ring (bicyclic) bond motifs is 4. The first kappa shape index (κ1) is 23.4. The summed E-state index contributed by atoms with van der Waals surface area (Å²) >= 11 is 6.18. The van der Waals surface area contributed by atoms with E-state index in [9.17, 15) is 9.90 Å². The predicted octanol–water partition coefficient (Wildman–Crippen LogP) is 3.26. The van der Waals surface area contributed by atoms with E-state index in [2.05, 4.69) is 35.4 Å². The number of carbonyl (C=O) groups is 1. The molecular weight excluding hydrogens is 487 g/mol. The molecule has 0 aromatic carbocycles. The number of aromatic nitrogens is 5. The van der Waals surface area contributed by atoms with Crippen molar-refractivity contribution in [2.75, 3.05) is 43.4 Å². The molecule has 3 saturated carbocycles. The van der Waals surface area contributed by atoms with E-state index in [-0.39, 0.29) is 35.3 Å². The van der Waals surface area contributed by atoms with Gasteiger partial charge >= 0.3 is 5.97 Å². The highest BCUT2D eigenvalue weighted by Crippen LogP contribution is 2.46. The molecule has 7 rings (SSSR count). The Hall–Kier alpha value is -3.05. The third-order valence-electron chi connectivity index (χ3n) is 8.04. The van der Waals surface area contributed by atoms with Crippen molar-refractivity contribution in [1.29, 1.82) is 0 Å². The van der Waals surface area contributed by atoms with E-state index in [4.69, 9.17) is 11.6 Å². The Balaban J connectivity index is 1.45. The zero-order valence-electron chi connectivity index (χ0n) is 19.9. The van der Waals surface area contributed by atoms with E-state index in [0.29, 0.717) is 34.8 Å². The molecular formula is C24H28ClFN8O2. The van der Waals surface area contributed by atoms with Gasteiger partial charge in [-0.15, -0.1) is 0 Å². The lowest BCUT2D eigenvalue weighted by Gasteiger charge is -2.47. The van der Waals surface area contributed by atoms with Gasteiger partial charge in [-0.05, 0) is 50.6 Å². The van der Waals surface area contributed by atoms with Crippen LogP contribution in [0, 0.1) is 23.6 Å². The Kier molecular flexibility index (Phi) is 5.91. The smallest absolute Gasteiger partial charge is 0.308 e. The van der Waals surface area contributed by atoms with E-state index in [1.54, 1.807) is 6.07 Å². The second-order valence-corrected chi connectivity index (χ2v) is 10.6. The van der Waals surface area contributed by atoms with Crippen LogP contribution < -0.4 is 10.2 Å². The first-order chi connectivity index (χ1) is 17.4. The summed E-state index contributed by atoms with van der Waals surface area (Å²) in [5, 5.41) is 21.5. The molecule has 4 fully saturated rings. The van der Waals surface area contributed by atoms with Gasteiger partial charge in [-0.3, -0.25) is 9.89 Å². The monoisotopic (exact) mass is 514 g/mol. The molecule has 4 heterocycles. The lowest BCUT2D eigenvalue weighted by molar-refractivity contribution is -0.148. The van der Waals surface area contributed by atoms with Gasteiger partial charge in [-0.25, -0.2) is 15.0 Å². The average molecular weight is 515 g/mol. The number of nitrogens with zero attached hydrogens (tertiary/aromatic N) is 6. The molecule has 0 amide bonds. The molecule has 3 N–H and O–H groups in total. The van der Waals surface area contributed by atoms with E-state index in [0.717, 1.165) is 38.8 Å². The van der Waals surface area contributed by atoms with Crippen molar-refractivity contribution in [1.82, 2.24) is 30.0 Å². The summed E-state index contributed by atoms with van der Waals surface area (Å²) in [6.07, 6.45) is 5.18. The number of hydrogen-bond donors (Lipinski definition) is 3. The lowest BCUT2D eigenvalue weighted by Crippen LogP contribution is -2.51. The van der Waals surface area contributed by atoms with Crippen LogP contribution in [0.1, 0.15) is 25.7 Å². The van der Waals surface area contributed by atoms with Crippen molar-refractivity contribution in [2.24, 2.45) is 17.8 Å². The minimum absolute atomic E-state index is 0.0236. The van der Waals surface area contributed by atoms with E-state index in [1.165, 1.54) is 6.20 Å². The number of likely N-dealkylation sites (N-methyl/N-ethyl adjacent to an activating group) is 1. The Labute approximate surface area is 212 Å². The van der Waals surface area contributed by atoms with Crippen molar-refractivity contribution in [3.8, 4) is 11.5 Å². The average Bonchev–Trinajstić information content (AvgIpc) is 3.29. The number of rotatable bonds is 5. The number of nitrogens with one attached hydrogen (secondary N) is 2. The minimum Gasteiger partial charge on any atom is -0.481 e. The van der Waals surface area contributed by atoms with Crippen LogP contribution >= 0.6 is 11.6 Å². The van der Waals surface area contributed by atoms with Crippen LogP contribution in [0.15, 0.2) is 12.3 Å². The molecule has 12 heteroatoms. The molecule has 2 bridgehead atoms. The van der Waals surface area contributed by atoms with E-state index >= 15 is 4.39 Å². The summed E-state index contributed by atoms with van der Waals surface area (Å²) < 4.78 is 16.0. The van der Waals surface area contributed by atoms with Gasteiger partial charge in [-0.1, -0.05) is 11.6 Å². The van der Waals surface area contributed by atoms with Gasteiger partial charge in [0.2, 0.25) is 5.82 Å². The number of hydrogen-bond acceptors (Lipinski definition) is 8. The van der Waals surface area contributed by atoms with E-state index < -0.39 is 17.7 Å². The molecule has 1 aliphatic heterocycles. The lowest BCUT2D eigenvalue weighted by atomic mass is 9.61. The SMILES string of the molecule is CN1CCN(c2nc(-c3[nH]nc4ncc(Cl)cc34)nc(N[C@H]3C4CCC(CC4)[C@@H]3C(=O)O)c2F)CC1. The van der Waals surface area contributed by atoms with Crippen LogP contribution in [0.2, 0.25) is 5.02 Å². The molecule has 2 atom stereocenters. The Bertz CT molecular complexity index is 1300. The van der Waals surface area contributed by atoms with Crippen molar-refractivity contribution < 1.29 is 14.3 Å². The summed E-state index contributed by atoms with van der Waals surface area (Å²) in [5.74, 6) is -1.24. The summed E-state index contributed by atoms with van der Waals surface area (Å²) in [5.41, 5.74) is 0.937. The van der Waals surface area contributed by atoms with Gasteiger partial charge in [0.1, 0.15) is 5.69 Å². The summed E-state index contributed by atoms with van der Waals surface area (Å²) in [7, 11) is 2.03. The van der Waals surface area contributed by atoms with Gasteiger partial charge in [0.15, 0.2) is 23.1 Å². The molecule has 10 nitrogen and oxygen atoms in total. The van der Waals surface area contributed by atoms with Crippen LogP contribution in [0.5, 0.6) is 0 Å². The van der Waals surface area contributed by atoms with Crippen LogP contribution in [-0.4, -0.2) is 80.4 Å². The van der Waals surface area contributed by atoms with Gasteiger partial charge in [0.05, 0.1) is 16.3 Å². The van der Waals surface area contributed by atoms with Gasteiger partial charge in [-0.2, -0.15) is 9.49 Å². The molecule has 36 heavy (non-hydrogen) atoms. The normalized spacial score (nSPS) is 26.5. The van der Waals surface area contributed by atoms with Crippen LogP contribution in [0.4, 0.5) is 16.0 Å². The molecule has 0 unspecified atom stereocenters. The van der Waals surface area contributed by atoms with Crippen molar-refractivity contribution >= 4 is 40.2 Å². The molecule has 3 aromatic heterocycles. The van der Waals surface area contributed by atoms with Gasteiger partial charge in [0.25, 0.3) is 0 Å². The number of H-pyrrole nitrogens is 1. The fraction of sp³-hybridized carbons (Fsp3) is 0.542. The number of aromatic amines is 1. The topological polar surface area (TPSA) is 123 Å². The number of pyridine rings is 1. The highest BCUT2D eigenvalue weighted by Gasteiger charge is 2.47. The second-order valence-electron chi connectivity index (χ2n) is 10.2. The molecule has 0 radical (unpaired) electrons. The molecule has 3 aromatic rings. The van der Waals surface area contributed by atoms with Gasteiger partial charge < -0.3 is 20.2 Å².